The monoisotopic (exact) mass is 442 g/mol. The summed E-state index contributed by atoms with van der Waals surface area (Å²) in [6.45, 7) is 3.91. The second kappa shape index (κ2) is 10.1. The molecule has 32 heavy (non-hydrogen) atoms. The molecule has 0 radical (unpaired) electrons. The number of nitrogens with one attached hydrogen (secondary N) is 1. The topological polar surface area (TPSA) is 33.7 Å². The Morgan fingerprint density at radius 3 is 1.91 bits per heavy atom. The van der Waals surface area contributed by atoms with Gasteiger partial charge in [-0.05, 0) is 41.0 Å². The molecule has 4 nitrogen and oxygen atoms in total. The van der Waals surface area contributed by atoms with Crippen LogP contribution in [-0.2, 0) is 6.61 Å². The summed E-state index contributed by atoms with van der Waals surface area (Å²) in [4.78, 5) is 2.33. The zero-order chi connectivity index (χ0) is 22.4. The largest absolute Gasteiger partial charge is 0.573 e. The van der Waals surface area contributed by atoms with E-state index in [2.05, 4.69) is 15.0 Å². The fourth-order valence-corrected chi connectivity index (χ4v) is 3.89. The molecule has 3 aromatic carbocycles. The zero-order valence-electron chi connectivity index (χ0n) is 17.5. The lowest BCUT2D eigenvalue weighted by atomic mass is 9.96. The summed E-state index contributed by atoms with van der Waals surface area (Å²) >= 11 is 0. The Balaban J connectivity index is 1.52. The lowest BCUT2D eigenvalue weighted by molar-refractivity contribution is -0.274. The van der Waals surface area contributed by atoms with Crippen molar-refractivity contribution in [2.24, 2.45) is 0 Å². The summed E-state index contributed by atoms with van der Waals surface area (Å²) in [5, 5.41) is 3.34. The van der Waals surface area contributed by atoms with Crippen LogP contribution in [0.25, 0.3) is 0 Å². The van der Waals surface area contributed by atoms with Crippen molar-refractivity contribution in [2.45, 2.75) is 19.0 Å². The molecule has 1 saturated heterocycles. The first kappa shape index (κ1) is 22.2. The minimum absolute atomic E-state index is 0.0692. The van der Waals surface area contributed by atoms with Crippen molar-refractivity contribution < 1.29 is 22.6 Å². The molecule has 0 aromatic heterocycles. The van der Waals surface area contributed by atoms with Crippen LogP contribution in [0.2, 0.25) is 0 Å². The van der Waals surface area contributed by atoms with Crippen LogP contribution in [0.4, 0.5) is 13.2 Å². The average Bonchev–Trinajstić information content (AvgIpc) is 2.80. The minimum atomic E-state index is -4.70. The standard InChI is InChI=1S/C25H25F3N2O2/c26-25(27,28)32-23-12-8-21(9-13-23)24(30-16-14-29-15-17-30)20-6-10-22(11-7-20)31-18-19-4-2-1-3-5-19/h1-13,24,29H,14-18H2/t24-/m1/s1. The molecule has 3 aromatic rings. The molecule has 1 atom stereocenters. The number of ether oxygens (including phenoxy) is 2. The van der Waals surface area contributed by atoms with Gasteiger partial charge in [0.05, 0.1) is 6.04 Å². The van der Waals surface area contributed by atoms with E-state index >= 15 is 0 Å². The predicted octanol–water partition coefficient (Wildman–Crippen LogP) is 5.16. The maximum Gasteiger partial charge on any atom is 0.573 e. The van der Waals surface area contributed by atoms with Gasteiger partial charge < -0.3 is 14.8 Å². The Bertz CT molecular complexity index is 971. The lowest BCUT2D eigenvalue weighted by Crippen LogP contribution is -2.45. The van der Waals surface area contributed by atoms with E-state index in [0.29, 0.717) is 6.61 Å². The fraction of sp³-hybridized carbons (Fsp3) is 0.280. The van der Waals surface area contributed by atoms with Gasteiger partial charge in [0.15, 0.2) is 0 Å². The predicted molar refractivity (Wildman–Crippen MR) is 117 cm³/mol. The van der Waals surface area contributed by atoms with E-state index in [-0.39, 0.29) is 11.8 Å². The van der Waals surface area contributed by atoms with Crippen molar-refractivity contribution in [1.29, 1.82) is 0 Å². The molecule has 4 rings (SSSR count). The summed E-state index contributed by atoms with van der Waals surface area (Å²) in [5.74, 6) is 0.551. The van der Waals surface area contributed by atoms with Gasteiger partial charge in [-0.15, -0.1) is 13.2 Å². The van der Waals surface area contributed by atoms with E-state index in [4.69, 9.17) is 4.74 Å². The van der Waals surface area contributed by atoms with Crippen LogP contribution >= 0.6 is 0 Å². The SMILES string of the molecule is FC(F)(F)Oc1ccc([C@@H](c2ccc(OCc3ccccc3)cc2)N2CCNCC2)cc1. The van der Waals surface area contributed by atoms with Gasteiger partial charge >= 0.3 is 6.36 Å². The number of hydrogen-bond acceptors (Lipinski definition) is 4. The van der Waals surface area contributed by atoms with E-state index in [0.717, 1.165) is 48.6 Å². The maximum atomic E-state index is 12.5. The highest BCUT2D eigenvalue weighted by atomic mass is 19.4. The van der Waals surface area contributed by atoms with Gasteiger partial charge in [-0.2, -0.15) is 0 Å². The molecular weight excluding hydrogens is 417 g/mol. The summed E-state index contributed by atoms with van der Waals surface area (Å²) in [6.07, 6.45) is -4.70. The molecule has 1 aliphatic rings. The number of alkyl halides is 3. The molecular formula is C25H25F3N2O2. The normalized spacial score (nSPS) is 15.8. The Kier molecular flexibility index (Phi) is 6.97. The third-order valence-electron chi connectivity index (χ3n) is 5.39. The van der Waals surface area contributed by atoms with Crippen LogP contribution in [0.1, 0.15) is 22.7 Å². The number of nitrogens with zero attached hydrogens (tertiary/aromatic N) is 1. The number of piperazine rings is 1. The molecule has 7 heteroatoms. The van der Waals surface area contributed by atoms with Crippen molar-refractivity contribution in [3.8, 4) is 11.5 Å². The molecule has 1 aliphatic heterocycles. The van der Waals surface area contributed by atoms with Gasteiger partial charge in [0.25, 0.3) is 0 Å². The molecule has 0 saturated carbocycles. The summed E-state index contributed by atoms with van der Waals surface area (Å²) in [5.41, 5.74) is 3.07. The first-order valence-electron chi connectivity index (χ1n) is 10.6. The molecule has 0 amide bonds. The lowest BCUT2D eigenvalue weighted by Gasteiger charge is -2.35. The molecule has 0 spiro atoms. The number of halogens is 3. The Hall–Kier alpha value is -3.03. The highest BCUT2D eigenvalue weighted by Crippen LogP contribution is 2.32. The second-order valence-electron chi connectivity index (χ2n) is 7.65. The molecule has 0 unspecified atom stereocenters. The smallest absolute Gasteiger partial charge is 0.489 e. The number of hydrogen-bond donors (Lipinski definition) is 1. The Morgan fingerprint density at radius 2 is 1.34 bits per heavy atom. The van der Waals surface area contributed by atoms with Crippen molar-refractivity contribution in [3.05, 3.63) is 95.6 Å². The zero-order valence-corrected chi connectivity index (χ0v) is 17.5. The van der Waals surface area contributed by atoms with E-state index in [1.807, 2.05) is 54.6 Å². The molecule has 0 bridgehead atoms. The molecule has 0 aliphatic carbocycles. The van der Waals surface area contributed by atoms with Crippen LogP contribution in [-0.4, -0.2) is 37.4 Å². The Morgan fingerprint density at radius 1 is 0.781 bits per heavy atom. The van der Waals surface area contributed by atoms with Crippen molar-refractivity contribution in [1.82, 2.24) is 10.2 Å². The highest BCUT2D eigenvalue weighted by molar-refractivity contribution is 5.38. The summed E-state index contributed by atoms with van der Waals surface area (Å²) < 4.78 is 47.5. The van der Waals surface area contributed by atoms with Crippen LogP contribution in [0.15, 0.2) is 78.9 Å². The average molecular weight is 442 g/mol. The van der Waals surface area contributed by atoms with Crippen LogP contribution in [0.3, 0.4) is 0 Å². The fourth-order valence-electron chi connectivity index (χ4n) is 3.89. The van der Waals surface area contributed by atoms with Gasteiger partial charge in [0, 0.05) is 26.2 Å². The van der Waals surface area contributed by atoms with Crippen molar-refractivity contribution >= 4 is 0 Å². The second-order valence-corrected chi connectivity index (χ2v) is 7.65. The minimum Gasteiger partial charge on any atom is -0.489 e. The number of benzene rings is 3. The van der Waals surface area contributed by atoms with E-state index in [1.165, 1.54) is 12.1 Å². The van der Waals surface area contributed by atoms with Gasteiger partial charge in [0.2, 0.25) is 0 Å². The van der Waals surface area contributed by atoms with E-state index in [1.54, 1.807) is 12.1 Å². The van der Waals surface area contributed by atoms with Gasteiger partial charge in [-0.3, -0.25) is 4.90 Å². The van der Waals surface area contributed by atoms with Crippen molar-refractivity contribution in [3.63, 3.8) is 0 Å². The Labute approximate surface area is 185 Å². The van der Waals surface area contributed by atoms with Crippen LogP contribution in [0, 0.1) is 0 Å². The molecule has 1 fully saturated rings. The third-order valence-corrected chi connectivity index (χ3v) is 5.39. The van der Waals surface area contributed by atoms with E-state index < -0.39 is 6.36 Å². The molecule has 1 heterocycles. The first-order chi connectivity index (χ1) is 15.5. The summed E-state index contributed by atoms with van der Waals surface area (Å²) in [7, 11) is 0. The maximum absolute atomic E-state index is 12.5. The van der Waals surface area contributed by atoms with Crippen LogP contribution < -0.4 is 14.8 Å². The van der Waals surface area contributed by atoms with Crippen molar-refractivity contribution in [2.75, 3.05) is 26.2 Å². The third kappa shape index (κ3) is 6.02. The van der Waals surface area contributed by atoms with Gasteiger partial charge in [-0.25, -0.2) is 0 Å². The first-order valence-corrected chi connectivity index (χ1v) is 10.6. The molecule has 1 N–H and O–H groups in total. The van der Waals surface area contributed by atoms with Crippen LogP contribution in [0.5, 0.6) is 11.5 Å². The van der Waals surface area contributed by atoms with Gasteiger partial charge in [-0.1, -0.05) is 54.6 Å². The molecule has 168 valence electrons. The van der Waals surface area contributed by atoms with E-state index in [9.17, 15) is 13.2 Å². The van der Waals surface area contributed by atoms with Gasteiger partial charge in [0.1, 0.15) is 18.1 Å². The summed E-state index contributed by atoms with van der Waals surface area (Å²) in [6, 6.07) is 23.9. The quantitative estimate of drug-likeness (QED) is 0.548. The number of rotatable bonds is 7. The highest BCUT2D eigenvalue weighted by Gasteiger charge is 2.31.